The lowest BCUT2D eigenvalue weighted by Crippen LogP contribution is -1.95. The van der Waals surface area contributed by atoms with E-state index in [0.29, 0.717) is 0 Å². The zero-order chi connectivity index (χ0) is 10.2. The molecule has 0 spiro atoms. The van der Waals surface area contributed by atoms with E-state index in [1.165, 1.54) is 12.8 Å². The predicted molar refractivity (Wildman–Crippen MR) is 53.8 cm³/mol. The summed E-state index contributed by atoms with van der Waals surface area (Å²) in [6.45, 7) is 2.14. The van der Waals surface area contributed by atoms with Crippen molar-refractivity contribution in [1.29, 1.82) is 0 Å². The van der Waals surface area contributed by atoms with Gasteiger partial charge in [0, 0.05) is 0 Å². The van der Waals surface area contributed by atoms with Crippen LogP contribution in [-0.4, -0.2) is 15.5 Å². The fraction of sp³-hybridized carbons (Fsp3) is 0.778. The molecule has 0 aromatic heterocycles. The maximum Gasteiger partial charge on any atom is 0.289 e. The van der Waals surface area contributed by atoms with Crippen molar-refractivity contribution in [2.75, 3.05) is 7.11 Å². The molecule has 0 aliphatic rings. The fourth-order valence-electron chi connectivity index (χ4n) is 0.930. The predicted octanol–water partition coefficient (Wildman–Crippen LogP) is 2.45. The van der Waals surface area contributed by atoms with Gasteiger partial charge in [0.2, 0.25) is 0 Å². The molecule has 0 aromatic rings. The quantitative estimate of drug-likeness (QED) is 0.474. The first kappa shape index (κ1) is 12.7. The lowest BCUT2D eigenvalue weighted by Gasteiger charge is -1.94. The Labute approximate surface area is 80.9 Å². The van der Waals surface area contributed by atoms with Crippen LogP contribution < -0.4 is 0 Å². The smallest absolute Gasteiger partial charge is 0.270 e. The van der Waals surface area contributed by atoms with Gasteiger partial charge in [-0.25, -0.2) is 0 Å². The molecule has 0 aliphatic carbocycles. The van der Waals surface area contributed by atoms with Crippen LogP contribution in [-0.2, 0) is 14.3 Å². The van der Waals surface area contributed by atoms with Crippen LogP contribution in [0.3, 0.4) is 0 Å². The van der Waals surface area contributed by atoms with Crippen LogP contribution in [0.25, 0.3) is 0 Å². The molecule has 0 atom stereocenters. The molecule has 0 amide bonds. The van der Waals surface area contributed by atoms with Crippen LogP contribution in [0.2, 0.25) is 0 Å². The Morgan fingerprint density at radius 1 is 1.23 bits per heavy atom. The maximum absolute atomic E-state index is 10.8. The molecule has 0 saturated heterocycles. The monoisotopic (exact) mass is 206 g/mol. The summed E-state index contributed by atoms with van der Waals surface area (Å²) < 4.78 is 25.8. The van der Waals surface area contributed by atoms with Crippen LogP contribution in [0.5, 0.6) is 0 Å². The average Bonchev–Trinajstić information content (AvgIpc) is 2.11. The SMILES string of the molecule is CCCCCCC=CS(=O)(=O)OC. The summed E-state index contributed by atoms with van der Waals surface area (Å²) in [5.41, 5.74) is 0. The van der Waals surface area contributed by atoms with Crippen molar-refractivity contribution >= 4 is 10.1 Å². The average molecular weight is 206 g/mol. The van der Waals surface area contributed by atoms with E-state index in [1.54, 1.807) is 6.08 Å². The molecule has 13 heavy (non-hydrogen) atoms. The van der Waals surface area contributed by atoms with E-state index < -0.39 is 10.1 Å². The highest BCUT2D eigenvalue weighted by atomic mass is 32.2. The van der Waals surface area contributed by atoms with Crippen molar-refractivity contribution in [1.82, 2.24) is 0 Å². The molecule has 78 valence electrons. The fourth-order valence-corrected chi connectivity index (χ4v) is 1.41. The van der Waals surface area contributed by atoms with Crippen LogP contribution >= 0.6 is 0 Å². The number of unbranched alkanes of at least 4 members (excludes halogenated alkanes) is 4. The number of allylic oxidation sites excluding steroid dienone is 1. The van der Waals surface area contributed by atoms with Gasteiger partial charge in [-0.2, -0.15) is 8.42 Å². The summed E-state index contributed by atoms with van der Waals surface area (Å²) in [5.74, 6) is 0. The van der Waals surface area contributed by atoms with E-state index in [9.17, 15) is 8.42 Å². The molecule has 0 unspecified atom stereocenters. The molecule has 0 rings (SSSR count). The molecule has 0 aliphatic heterocycles. The third-order valence-corrected chi connectivity index (χ3v) is 2.71. The van der Waals surface area contributed by atoms with E-state index >= 15 is 0 Å². The Kier molecular flexibility index (Phi) is 6.90. The van der Waals surface area contributed by atoms with E-state index in [2.05, 4.69) is 11.1 Å². The number of rotatable bonds is 7. The van der Waals surface area contributed by atoms with Gasteiger partial charge in [0.15, 0.2) is 0 Å². The van der Waals surface area contributed by atoms with Crippen LogP contribution in [0.1, 0.15) is 39.0 Å². The Morgan fingerprint density at radius 2 is 1.92 bits per heavy atom. The second-order valence-electron chi connectivity index (χ2n) is 2.88. The number of hydrogen-bond donors (Lipinski definition) is 0. The topological polar surface area (TPSA) is 43.4 Å². The molecule has 4 heteroatoms. The zero-order valence-corrected chi connectivity index (χ0v) is 9.14. The first-order valence-electron chi connectivity index (χ1n) is 4.59. The molecule has 0 bridgehead atoms. The summed E-state index contributed by atoms with van der Waals surface area (Å²) in [6.07, 6.45) is 7.07. The van der Waals surface area contributed by atoms with E-state index in [1.807, 2.05) is 0 Å². The molecule has 0 N–H and O–H groups in total. The molecule has 0 fully saturated rings. The lowest BCUT2D eigenvalue weighted by atomic mass is 10.2. The highest BCUT2D eigenvalue weighted by Crippen LogP contribution is 2.04. The second-order valence-corrected chi connectivity index (χ2v) is 4.47. The van der Waals surface area contributed by atoms with Gasteiger partial charge in [-0.3, -0.25) is 4.18 Å². The summed E-state index contributed by atoms with van der Waals surface area (Å²) in [5, 5.41) is 1.12. The summed E-state index contributed by atoms with van der Waals surface area (Å²) >= 11 is 0. The van der Waals surface area contributed by atoms with E-state index in [4.69, 9.17) is 0 Å². The number of hydrogen-bond acceptors (Lipinski definition) is 3. The van der Waals surface area contributed by atoms with Gasteiger partial charge in [0.1, 0.15) is 0 Å². The zero-order valence-electron chi connectivity index (χ0n) is 8.32. The molecule has 0 saturated carbocycles. The Bertz CT molecular complexity index is 229. The van der Waals surface area contributed by atoms with Crippen molar-refractivity contribution in [3.63, 3.8) is 0 Å². The summed E-state index contributed by atoms with van der Waals surface area (Å²) in [4.78, 5) is 0. The van der Waals surface area contributed by atoms with Crippen LogP contribution in [0.15, 0.2) is 11.5 Å². The van der Waals surface area contributed by atoms with Crippen molar-refractivity contribution < 1.29 is 12.6 Å². The van der Waals surface area contributed by atoms with Crippen LogP contribution in [0.4, 0.5) is 0 Å². The molecular weight excluding hydrogens is 188 g/mol. The molecule has 0 radical (unpaired) electrons. The van der Waals surface area contributed by atoms with Crippen LogP contribution in [0, 0.1) is 0 Å². The van der Waals surface area contributed by atoms with Gasteiger partial charge >= 0.3 is 0 Å². The Morgan fingerprint density at radius 3 is 2.46 bits per heavy atom. The highest BCUT2D eigenvalue weighted by molar-refractivity contribution is 7.89. The summed E-state index contributed by atoms with van der Waals surface area (Å²) in [6, 6.07) is 0. The minimum Gasteiger partial charge on any atom is -0.270 e. The first-order valence-corrected chi connectivity index (χ1v) is 6.06. The summed E-state index contributed by atoms with van der Waals surface area (Å²) in [7, 11) is -2.23. The van der Waals surface area contributed by atoms with Gasteiger partial charge in [-0.15, -0.1) is 0 Å². The molecule has 0 aromatic carbocycles. The van der Waals surface area contributed by atoms with Crippen molar-refractivity contribution in [3.05, 3.63) is 11.5 Å². The molecular formula is C9H18O3S. The Balaban J connectivity index is 3.53. The van der Waals surface area contributed by atoms with Gasteiger partial charge in [-0.05, 0) is 12.8 Å². The van der Waals surface area contributed by atoms with Gasteiger partial charge in [0.25, 0.3) is 10.1 Å². The largest absolute Gasteiger partial charge is 0.289 e. The molecule has 3 nitrogen and oxygen atoms in total. The maximum atomic E-state index is 10.8. The third kappa shape index (κ3) is 7.99. The van der Waals surface area contributed by atoms with Crippen molar-refractivity contribution in [3.8, 4) is 0 Å². The van der Waals surface area contributed by atoms with Gasteiger partial charge in [-0.1, -0.05) is 32.3 Å². The highest BCUT2D eigenvalue weighted by Gasteiger charge is 1.99. The van der Waals surface area contributed by atoms with E-state index in [-0.39, 0.29) is 0 Å². The first-order chi connectivity index (χ1) is 6.12. The van der Waals surface area contributed by atoms with Gasteiger partial charge in [0.05, 0.1) is 12.5 Å². The second kappa shape index (κ2) is 7.09. The normalized spacial score (nSPS) is 12.5. The minimum absolute atomic E-state index is 0.808. The minimum atomic E-state index is -3.39. The Hall–Kier alpha value is -0.350. The van der Waals surface area contributed by atoms with Crippen molar-refractivity contribution in [2.45, 2.75) is 39.0 Å². The van der Waals surface area contributed by atoms with E-state index in [0.717, 1.165) is 31.8 Å². The standard InChI is InChI=1S/C9H18O3S/c1-3-4-5-6-7-8-9-13(10,11)12-2/h8-9H,3-7H2,1-2H3. The van der Waals surface area contributed by atoms with Crippen molar-refractivity contribution in [2.24, 2.45) is 0 Å². The molecule has 0 heterocycles. The lowest BCUT2D eigenvalue weighted by molar-refractivity contribution is 0.406. The third-order valence-electron chi connectivity index (χ3n) is 1.72. The van der Waals surface area contributed by atoms with Gasteiger partial charge < -0.3 is 0 Å².